The van der Waals surface area contributed by atoms with Crippen molar-refractivity contribution in [3.63, 3.8) is 0 Å². The Labute approximate surface area is 300 Å². The van der Waals surface area contributed by atoms with Crippen molar-refractivity contribution in [2.45, 2.75) is 34.1 Å². The van der Waals surface area contributed by atoms with Crippen LogP contribution in [0.15, 0.2) is 119 Å². The number of piperidine rings is 2. The Hall–Kier alpha value is -5.88. The number of amides is 2. The number of carbonyl (C=O) groups is 4. The summed E-state index contributed by atoms with van der Waals surface area (Å²) in [6.07, 6.45) is 6.92. The highest BCUT2D eigenvalue weighted by Crippen LogP contribution is 2.26. The van der Waals surface area contributed by atoms with E-state index in [1.807, 2.05) is 149 Å². The second-order valence-corrected chi connectivity index (χ2v) is 13.7. The second kappa shape index (κ2) is 15.3. The van der Waals surface area contributed by atoms with E-state index in [-0.39, 0.29) is 56.0 Å². The van der Waals surface area contributed by atoms with Gasteiger partial charge in [0, 0.05) is 48.5 Å². The number of ketones is 2. The molecule has 2 heterocycles. The third-order valence-electron chi connectivity index (χ3n) is 9.29. The number of hydrogen-bond donors (Lipinski definition) is 0. The van der Waals surface area contributed by atoms with Crippen molar-refractivity contribution in [3.8, 4) is 0 Å². The van der Waals surface area contributed by atoms with Crippen molar-refractivity contribution in [2.24, 2.45) is 0 Å². The summed E-state index contributed by atoms with van der Waals surface area (Å²) in [5.41, 5.74) is 9.83. The molecule has 0 aromatic heterocycles. The van der Waals surface area contributed by atoms with E-state index in [0.29, 0.717) is 22.3 Å². The minimum absolute atomic E-state index is 0.0969. The summed E-state index contributed by atoms with van der Waals surface area (Å²) >= 11 is 0. The quantitative estimate of drug-likeness (QED) is 0.155. The van der Waals surface area contributed by atoms with Gasteiger partial charge in [-0.1, -0.05) is 119 Å². The van der Waals surface area contributed by atoms with Crippen molar-refractivity contribution in [1.82, 2.24) is 9.80 Å². The van der Waals surface area contributed by atoms with Gasteiger partial charge in [-0.15, -0.1) is 0 Å². The van der Waals surface area contributed by atoms with E-state index in [2.05, 4.69) is 0 Å². The molecule has 0 unspecified atom stereocenters. The molecule has 256 valence electrons. The lowest BCUT2D eigenvalue weighted by Gasteiger charge is -2.32. The maximum Gasteiger partial charge on any atom is 0.232 e. The fourth-order valence-electron chi connectivity index (χ4n) is 6.24. The summed E-state index contributed by atoms with van der Waals surface area (Å²) < 4.78 is 0. The van der Waals surface area contributed by atoms with Crippen LogP contribution in [0.2, 0.25) is 0 Å². The molecule has 51 heavy (non-hydrogen) atoms. The van der Waals surface area contributed by atoms with E-state index < -0.39 is 0 Å². The molecule has 0 saturated carbocycles. The van der Waals surface area contributed by atoms with Crippen molar-refractivity contribution in [1.29, 1.82) is 0 Å². The van der Waals surface area contributed by atoms with E-state index >= 15 is 0 Å². The van der Waals surface area contributed by atoms with Gasteiger partial charge in [-0.25, -0.2) is 0 Å². The first-order valence-electron chi connectivity index (χ1n) is 17.2. The molecule has 0 N–H and O–H groups in total. The Kier molecular flexibility index (Phi) is 10.5. The maximum atomic E-state index is 13.9. The van der Waals surface area contributed by atoms with Crippen LogP contribution in [0.25, 0.3) is 24.3 Å². The molecule has 0 aliphatic carbocycles. The molecule has 6 heteroatoms. The molecule has 6 rings (SSSR count). The first kappa shape index (κ1) is 35.0. The van der Waals surface area contributed by atoms with Crippen molar-refractivity contribution >= 4 is 47.7 Å². The van der Waals surface area contributed by atoms with Crippen LogP contribution in [0.5, 0.6) is 0 Å². The molecule has 4 aromatic carbocycles. The van der Waals surface area contributed by atoms with Crippen LogP contribution < -0.4 is 0 Å². The summed E-state index contributed by atoms with van der Waals surface area (Å²) in [4.78, 5) is 58.5. The Balaban J connectivity index is 1.27. The SMILES string of the molecule is Cc1ccc(/C=C2/CN(C(=O)CC(=O)N3C/C(=C\c4ccc(C)cc4)C(=O)/C(=C/c4ccc(C)cc4)C3)C/C(=C\c3ccc(C)cc3)C2=O)cc1. The fourth-order valence-corrected chi connectivity index (χ4v) is 6.24. The van der Waals surface area contributed by atoms with E-state index in [1.165, 1.54) is 0 Å². The first-order chi connectivity index (χ1) is 24.5. The highest BCUT2D eigenvalue weighted by molar-refractivity contribution is 6.17. The van der Waals surface area contributed by atoms with Gasteiger partial charge in [0.1, 0.15) is 6.42 Å². The second-order valence-electron chi connectivity index (χ2n) is 13.7. The zero-order valence-electron chi connectivity index (χ0n) is 29.6. The van der Waals surface area contributed by atoms with Crippen LogP contribution in [0.1, 0.15) is 50.9 Å². The van der Waals surface area contributed by atoms with Crippen LogP contribution in [-0.2, 0) is 19.2 Å². The first-order valence-corrected chi connectivity index (χ1v) is 17.2. The maximum absolute atomic E-state index is 13.9. The van der Waals surface area contributed by atoms with Gasteiger partial charge in [0.15, 0.2) is 11.6 Å². The number of aryl methyl sites for hydroxylation is 4. The van der Waals surface area contributed by atoms with Gasteiger partial charge in [0.25, 0.3) is 0 Å². The fraction of sp³-hybridized carbons (Fsp3) is 0.200. The van der Waals surface area contributed by atoms with Crippen LogP contribution in [0.3, 0.4) is 0 Å². The normalized spacial score (nSPS) is 18.3. The van der Waals surface area contributed by atoms with E-state index in [1.54, 1.807) is 9.80 Å². The lowest BCUT2D eigenvalue weighted by Crippen LogP contribution is -2.46. The van der Waals surface area contributed by atoms with Gasteiger partial charge in [-0.2, -0.15) is 0 Å². The minimum Gasteiger partial charge on any atom is -0.333 e. The summed E-state index contributed by atoms with van der Waals surface area (Å²) in [5.74, 6) is -0.972. The van der Waals surface area contributed by atoms with Crippen LogP contribution in [-0.4, -0.2) is 59.4 Å². The van der Waals surface area contributed by atoms with Gasteiger partial charge in [0.05, 0.1) is 0 Å². The molecule has 4 aromatic rings. The number of likely N-dealkylation sites (tertiary alicyclic amines) is 2. The molecule has 6 nitrogen and oxygen atoms in total. The number of nitrogens with zero attached hydrogens (tertiary/aromatic N) is 2. The Morgan fingerprint density at radius 1 is 0.431 bits per heavy atom. The molecule has 2 aliphatic rings. The summed E-state index contributed by atoms with van der Waals surface area (Å²) in [5, 5.41) is 0. The zero-order valence-corrected chi connectivity index (χ0v) is 29.6. The standard InChI is InChI=1S/C45H42N2O4/c1-30-5-13-34(14-6-30)21-38-26-46(27-39(44(38)50)22-35-15-7-31(2)8-16-35)42(48)25-43(49)47-28-40(23-36-17-9-32(3)10-18-36)45(51)41(29-47)24-37-19-11-33(4)12-20-37/h5-24H,25-29H2,1-4H3/b38-21-,39-22+,40-23+,41-24+. The van der Waals surface area contributed by atoms with Crippen molar-refractivity contribution in [3.05, 3.63) is 164 Å². The van der Waals surface area contributed by atoms with Crippen LogP contribution in [0, 0.1) is 27.7 Å². The van der Waals surface area contributed by atoms with Gasteiger partial charge >= 0.3 is 0 Å². The number of carbonyl (C=O) groups excluding carboxylic acids is 4. The average molecular weight is 675 g/mol. The molecular formula is C45H42N2O4. The number of benzene rings is 4. The topological polar surface area (TPSA) is 74.8 Å². The van der Waals surface area contributed by atoms with Gasteiger partial charge in [-0.3, -0.25) is 19.2 Å². The monoisotopic (exact) mass is 674 g/mol. The molecule has 0 radical (unpaired) electrons. The molecule has 2 aliphatic heterocycles. The van der Waals surface area contributed by atoms with Crippen molar-refractivity contribution in [2.75, 3.05) is 26.2 Å². The van der Waals surface area contributed by atoms with E-state index in [9.17, 15) is 19.2 Å². The lowest BCUT2D eigenvalue weighted by molar-refractivity contribution is -0.140. The minimum atomic E-state index is -0.381. The number of hydrogen-bond acceptors (Lipinski definition) is 4. The molecular weight excluding hydrogens is 633 g/mol. The van der Waals surface area contributed by atoms with E-state index in [4.69, 9.17) is 0 Å². The largest absolute Gasteiger partial charge is 0.333 e. The molecule has 0 bridgehead atoms. The summed E-state index contributed by atoms with van der Waals surface area (Å²) in [6, 6.07) is 31.5. The van der Waals surface area contributed by atoms with Gasteiger partial charge in [-0.05, 0) is 74.3 Å². The Morgan fingerprint density at radius 3 is 0.863 bits per heavy atom. The van der Waals surface area contributed by atoms with Gasteiger partial charge in [0.2, 0.25) is 11.8 Å². The van der Waals surface area contributed by atoms with Crippen molar-refractivity contribution < 1.29 is 19.2 Å². The van der Waals surface area contributed by atoms with E-state index in [0.717, 1.165) is 44.5 Å². The average Bonchev–Trinajstić information content (AvgIpc) is 3.11. The molecule has 2 saturated heterocycles. The predicted molar refractivity (Wildman–Crippen MR) is 204 cm³/mol. The molecule has 0 spiro atoms. The Bertz CT molecular complexity index is 1810. The number of Topliss-reactive ketones (excluding diaryl/α,β-unsaturated/α-hetero) is 2. The molecule has 0 atom stereocenters. The van der Waals surface area contributed by atoms with Crippen LogP contribution >= 0.6 is 0 Å². The predicted octanol–water partition coefficient (Wildman–Crippen LogP) is 7.77. The molecule has 2 amide bonds. The summed E-state index contributed by atoms with van der Waals surface area (Å²) in [7, 11) is 0. The molecule has 2 fully saturated rings. The Morgan fingerprint density at radius 2 is 0.647 bits per heavy atom. The lowest BCUT2D eigenvalue weighted by atomic mass is 9.93. The third-order valence-corrected chi connectivity index (χ3v) is 9.29. The smallest absolute Gasteiger partial charge is 0.232 e. The zero-order chi connectivity index (χ0) is 36.1. The third kappa shape index (κ3) is 8.84. The van der Waals surface area contributed by atoms with Crippen LogP contribution in [0.4, 0.5) is 0 Å². The summed E-state index contributed by atoms with van der Waals surface area (Å²) in [6.45, 7) is 8.40. The highest BCUT2D eigenvalue weighted by atomic mass is 16.2. The van der Waals surface area contributed by atoms with Gasteiger partial charge < -0.3 is 9.80 Å². The highest BCUT2D eigenvalue weighted by Gasteiger charge is 2.33. The number of rotatable bonds is 6.